The van der Waals surface area contributed by atoms with Crippen LogP contribution in [-0.4, -0.2) is 30.9 Å². The van der Waals surface area contributed by atoms with E-state index in [2.05, 4.69) is 9.97 Å². The number of sulfone groups is 1. The lowest BCUT2D eigenvalue weighted by Crippen LogP contribution is -2.31. The third-order valence-electron chi connectivity index (χ3n) is 5.15. The smallest absolute Gasteiger partial charge is 0.272 e. The third-order valence-corrected chi connectivity index (χ3v) is 6.27. The Labute approximate surface area is 166 Å². The molecule has 1 aliphatic heterocycles. The average Bonchev–Trinajstić information content (AvgIpc) is 3.10. The molecule has 0 aliphatic carbocycles. The van der Waals surface area contributed by atoms with Crippen LogP contribution in [0.5, 0.6) is 0 Å². The first kappa shape index (κ1) is 18.1. The van der Waals surface area contributed by atoms with Crippen molar-refractivity contribution in [3.63, 3.8) is 0 Å². The number of aromatic nitrogens is 2. The molecule has 1 saturated heterocycles. The van der Waals surface area contributed by atoms with E-state index in [1.807, 2.05) is 31.2 Å². The van der Waals surface area contributed by atoms with Crippen molar-refractivity contribution in [1.82, 2.24) is 9.97 Å². The minimum absolute atomic E-state index is 0.224. The summed E-state index contributed by atoms with van der Waals surface area (Å²) >= 11 is 0. The van der Waals surface area contributed by atoms with Gasteiger partial charge in [0.2, 0.25) is 0 Å². The second-order valence-electron chi connectivity index (χ2n) is 7.18. The van der Waals surface area contributed by atoms with Crippen molar-refractivity contribution in [3.8, 4) is 11.1 Å². The molecule has 0 unspecified atom stereocenters. The number of H-pyrrole nitrogens is 2. The molecule has 2 N–H and O–H groups in total. The van der Waals surface area contributed by atoms with Crippen molar-refractivity contribution in [2.45, 2.75) is 24.4 Å². The second-order valence-corrected chi connectivity index (χ2v) is 9.20. The molecule has 5 rings (SSSR count). The highest BCUT2D eigenvalue weighted by atomic mass is 32.2. The number of fused-ring (bicyclic) bond motifs is 3. The molecule has 0 atom stereocenters. The van der Waals surface area contributed by atoms with E-state index in [4.69, 9.17) is 9.47 Å². The quantitative estimate of drug-likeness (QED) is 0.539. The number of hydrogen-bond acceptors (Lipinski definition) is 5. The van der Waals surface area contributed by atoms with Crippen molar-refractivity contribution in [2.75, 3.05) is 6.26 Å². The van der Waals surface area contributed by atoms with Crippen molar-refractivity contribution in [3.05, 3.63) is 64.6 Å². The first-order valence-corrected chi connectivity index (χ1v) is 11.0. The van der Waals surface area contributed by atoms with Gasteiger partial charge in [-0.2, -0.15) is 0 Å². The van der Waals surface area contributed by atoms with Gasteiger partial charge in [0.05, 0.1) is 4.90 Å². The maximum Gasteiger partial charge on any atom is 0.272 e. The van der Waals surface area contributed by atoms with Crippen LogP contribution in [0.2, 0.25) is 0 Å². The summed E-state index contributed by atoms with van der Waals surface area (Å²) in [6.07, 6.45) is 2.10. The number of hydrogen-bond donors (Lipinski definition) is 2. The summed E-state index contributed by atoms with van der Waals surface area (Å²) < 4.78 is 35.1. The number of benzene rings is 2. The van der Waals surface area contributed by atoms with Crippen LogP contribution in [-0.2, 0) is 19.3 Å². The Balaban J connectivity index is 1.74. The predicted octanol–water partition coefficient (Wildman–Crippen LogP) is 3.47. The summed E-state index contributed by atoms with van der Waals surface area (Å²) in [5.41, 5.74) is 3.28. The summed E-state index contributed by atoms with van der Waals surface area (Å²) in [5.74, 6) is 0. The van der Waals surface area contributed by atoms with Crippen molar-refractivity contribution < 1.29 is 17.9 Å². The molecule has 29 heavy (non-hydrogen) atoms. The maximum atomic E-state index is 12.5. The fraction of sp³-hybridized carbons (Fsp3) is 0.190. The number of ether oxygens (including phenoxy) is 2. The monoisotopic (exact) mass is 410 g/mol. The van der Waals surface area contributed by atoms with Crippen LogP contribution in [0.1, 0.15) is 18.8 Å². The predicted molar refractivity (Wildman–Crippen MR) is 109 cm³/mol. The fourth-order valence-electron chi connectivity index (χ4n) is 3.73. The van der Waals surface area contributed by atoms with Gasteiger partial charge in [0.25, 0.3) is 5.56 Å². The van der Waals surface area contributed by atoms with Gasteiger partial charge in [-0.25, -0.2) is 8.42 Å². The highest BCUT2D eigenvalue weighted by molar-refractivity contribution is 7.90. The number of pyridine rings is 1. The van der Waals surface area contributed by atoms with E-state index in [1.54, 1.807) is 24.4 Å². The summed E-state index contributed by atoms with van der Waals surface area (Å²) in [4.78, 5) is 18.6. The molecule has 2 aromatic heterocycles. The van der Waals surface area contributed by atoms with Crippen LogP contribution in [0.4, 0.5) is 0 Å². The Morgan fingerprint density at radius 3 is 2.52 bits per heavy atom. The zero-order chi connectivity index (χ0) is 20.3. The molecule has 148 valence electrons. The van der Waals surface area contributed by atoms with Crippen molar-refractivity contribution in [2.24, 2.45) is 0 Å². The first-order valence-electron chi connectivity index (χ1n) is 9.10. The summed E-state index contributed by atoms with van der Waals surface area (Å²) in [6, 6.07) is 12.4. The van der Waals surface area contributed by atoms with Gasteiger partial charge < -0.3 is 19.4 Å². The molecule has 8 heteroatoms. The lowest BCUT2D eigenvalue weighted by Gasteiger charge is -2.33. The van der Waals surface area contributed by atoms with E-state index < -0.39 is 16.1 Å². The Hall–Kier alpha value is -2.94. The van der Waals surface area contributed by atoms with E-state index in [0.29, 0.717) is 11.0 Å². The molecule has 0 saturated carbocycles. The second kappa shape index (κ2) is 6.28. The normalized spacial score (nSPS) is 19.5. The van der Waals surface area contributed by atoms with E-state index >= 15 is 0 Å². The van der Waals surface area contributed by atoms with Gasteiger partial charge >= 0.3 is 0 Å². The Kier molecular flexibility index (Phi) is 3.92. The van der Waals surface area contributed by atoms with Gasteiger partial charge in [-0.3, -0.25) is 4.79 Å². The van der Waals surface area contributed by atoms with Gasteiger partial charge in [-0.1, -0.05) is 18.2 Å². The zero-order valence-electron chi connectivity index (χ0n) is 15.7. The van der Waals surface area contributed by atoms with Crippen LogP contribution in [0.15, 0.2) is 58.4 Å². The van der Waals surface area contributed by atoms with Crippen LogP contribution >= 0.6 is 0 Å². The summed E-state index contributed by atoms with van der Waals surface area (Å²) in [5, 5.41) is 1.56. The van der Waals surface area contributed by atoms with Gasteiger partial charge in [-0.05, 0) is 42.3 Å². The molecule has 0 radical (unpaired) electrons. The number of rotatable bonds is 3. The molecule has 2 aromatic carbocycles. The van der Waals surface area contributed by atoms with Crippen LogP contribution in [0, 0.1) is 0 Å². The minimum Gasteiger partial charge on any atom is -0.356 e. The minimum atomic E-state index is -3.31. The molecule has 0 amide bonds. The SMILES string of the molecule is CC1OC(c2c[nH]c3c(=O)[nH]c4ccc(-c5cccc(S(C)(=O)=O)c5)cc4c23)O1. The van der Waals surface area contributed by atoms with Crippen molar-refractivity contribution in [1.29, 1.82) is 0 Å². The topological polar surface area (TPSA) is 101 Å². The molecule has 4 aromatic rings. The zero-order valence-corrected chi connectivity index (χ0v) is 16.5. The molecule has 0 bridgehead atoms. The van der Waals surface area contributed by atoms with Crippen molar-refractivity contribution >= 4 is 31.6 Å². The van der Waals surface area contributed by atoms with Gasteiger partial charge in [-0.15, -0.1) is 0 Å². The van der Waals surface area contributed by atoms with E-state index in [1.165, 1.54) is 6.26 Å². The van der Waals surface area contributed by atoms with Gasteiger partial charge in [0.15, 0.2) is 22.4 Å². The van der Waals surface area contributed by atoms with E-state index in [0.717, 1.165) is 27.5 Å². The highest BCUT2D eigenvalue weighted by Crippen LogP contribution is 2.38. The molecular weight excluding hydrogens is 392 g/mol. The largest absolute Gasteiger partial charge is 0.356 e. The Bertz CT molecular complexity index is 1430. The van der Waals surface area contributed by atoms with Crippen LogP contribution in [0.25, 0.3) is 32.9 Å². The molecule has 1 fully saturated rings. The molecule has 0 spiro atoms. The maximum absolute atomic E-state index is 12.5. The number of aromatic amines is 2. The Morgan fingerprint density at radius 2 is 1.79 bits per heavy atom. The highest BCUT2D eigenvalue weighted by Gasteiger charge is 2.31. The summed E-state index contributed by atoms with van der Waals surface area (Å²) in [7, 11) is -3.31. The standard InChI is InChI=1S/C21H18N2O5S/c1-11-27-21(28-11)16-10-22-19-18(16)15-9-13(6-7-17(15)23-20(19)24)12-4-3-5-14(8-12)29(2,25)26/h3-11,21-22H,1-2H3,(H,23,24). The molecule has 7 nitrogen and oxygen atoms in total. The van der Waals surface area contributed by atoms with E-state index in [9.17, 15) is 13.2 Å². The first-order chi connectivity index (χ1) is 13.8. The third kappa shape index (κ3) is 2.96. The molecule has 3 heterocycles. The van der Waals surface area contributed by atoms with E-state index in [-0.39, 0.29) is 16.7 Å². The number of nitrogens with one attached hydrogen (secondary N) is 2. The average molecular weight is 410 g/mol. The lowest BCUT2D eigenvalue weighted by molar-refractivity contribution is -0.382. The van der Waals surface area contributed by atoms with Crippen LogP contribution in [0.3, 0.4) is 0 Å². The molecular formula is C21H18N2O5S. The lowest BCUT2D eigenvalue weighted by atomic mass is 10.0. The molecule has 1 aliphatic rings. The Morgan fingerprint density at radius 1 is 1.03 bits per heavy atom. The van der Waals surface area contributed by atoms with Gasteiger partial charge in [0.1, 0.15) is 5.52 Å². The fourth-order valence-corrected chi connectivity index (χ4v) is 4.40. The van der Waals surface area contributed by atoms with Crippen LogP contribution < -0.4 is 5.56 Å². The van der Waals surface area contributed by atoms with Gasteiger partial charge in [0, 0.05) is 34.3 Å². The summed E-state index contributed by atoms with van der Waals surface area (Å²) in [6.45, 7) is 1.81.